The molecule has 0 aliphatic heterocycles. The summed E-state index contributed by atoms with van der Waals surface area (Å²) in [5.74, 6) is 0.210. The zero-order chi connectivity index (χ0) is 19.0. The number of fused-ring (bicyclic) bond motifs is 1. The van der Waals surface area contributed by atoms with Crippen LogP contribution < -0.4 is 4.72 Å². The number of aryl methyl sites for hydroxylation is 1. The van der Waals surface area contributed by atoms with E-state index < -0.39 is 10.0 Å². The monoisotopic (exact) mass is 380 g/mol. The van der Waals surface area contributed by atoms with E-state index in [2.05, 4.69) is 9.71 Å². The zero-order valence-corrected chi connectivity index (χ0v) is 15.2. The topological polar surface area (TPSA) is 92.4 Å². The van der Waals surface area contributed by atoms with E-state index in [1.165, 1.54) is 18.2 Å². The van der Waals surface area contributed by atoms with E-state index in [4.69, 9.17) is 4.42 Å². The molecule has 4 aromatic rings. The van der Waals surface area contributed by atoms with Gasteiger partial charge in [0.15, 0.2) is 5.58 Å². The molecule has 0 fully saturated rings. The first-order valence-corrected chi connectivity index (χ1v) is 9.70. The van der Waals surface area contributed by atoms with E-state index in [1.807, 2.05) is 12.1 Å². The number of rotatable bonds is 4. The van der Waals surface area contributed by atoms with Crippen molar-refractivity contribution in [3.63, 3.8) is 0 Å². The summed E-state index contributed by atoms with van der Waals surface area (Å²) in [6.45, 7) is 1.68. The highest BCUT2D eigenvalue weighted by molar-refractivity contribution is 7.92. The Bertz CT molecular complexity index is 1200. The number of para-hydroxylation sites is 2. The number of nitrogens with one attached hydrogen (secondary N) is 1. The molecule has 0 unspecified atom stereocenters. The lowest BCUT2D eigenvalue weighted by Crippen LogP contribution is -2.13. The van der Waals surface area contributed by atoms with Crippen LogP contribution in [0.3, 0.4) is 0 Å². The van der Waals surface area contributed by atoms with E-state index >= 15 is 0 Å². The number of nitrogens with zero attached hydrogens (tertiary/aromatic N) is 1. The first kappa shape index (κ1) is 17.1. The van der Waals surface area contributed by atoms with E-state index in [0.29, 0.717) is 27.9 Å². The first-order valence-electron chi connectivity index (χ1n) is 8.21. The standard InChI is InChI=1S/C20H16N2O4S/c1-13-11-14(22-27(24,25)15-7-3-2-4-8-15)12-16(19(13)23)20-21-17-9-5-6-10-18(17)26-20/h2-12,22-23H,1H3. The lowest BCUT2D eigenvalue weighted by Gasteiger charge is -2.11. The smallest absolute Gasteiger partial charge is 0.261 e. The number of aromatic nitrogens is 1. The molecule has 0 spiro atoms. The Kier molecular flexibility index (Phi) is 4.08. The Morgan fingerprint density at radius 2 is 1.70 bits per heavy atom. The third-order valence-electron chi connectivity index (χ3n) is 4.13. The Balaban J connectivity index is 1.78. The van der Waals surface area contributed by atoms with Crippen LogP contribution in [0.4, 0.5) is 5.69 Å². The summed E-state index contributed by atoms with van der Waals surface area (Å²) in [4.78, 5) is 4.53. The van der Waals surface area contributed by atoms with Gasteiger partial charge in [-0.3, -0.25) is 4.72 Å². The summed E-state index contributed by atoms with van der Waals surface area (Å²) in [6.07, 6.45) is 0. The van der Waals surface area contributed by atoms with Crippen molar-refractivity contribution in [2.24, 2.45) is 0 Å². The van der Waals surface area contributed by atoms with Crippen molar-refractivity contribution in [1.82, 2.24) is 4.98 Å². The molecular weight excluding hydrogens is 364 g/mol. The fourth-order valence-electron chi connectivity index (χ4n) is 2.80. The van der Waals surface area contributed by atoms with Crippen LogP contribution in [0.25, 0.3) is 22.6 Å². The predicted molar refractivity (Wildman–Crippen MR) is 103 cm³/mol. The Morgan fingerprint density at radius 1 is 1.00 bits per heavy atom. The summed E-state index contributed by atoms with van der Waals surface area (Å²) in [5, 5.41) is 10.4. The number of oxazole rings is 1. The SMILES string of the molecule is Cc1cc(NS(=O)(=O)c2ccccc2)cc(-c2nc3ccccc3o2)c1O. The maximum absolute atomic E-state index is 12.6. The molecule has 27 heavy (non-hydrogen) atoms. The minimum atomic E-state index is -3.75. The second-order valence-corrected chi connectivity index (χ2v) is 7.78. The minimum absolute atomic E-state index is 0.00999. The number of anilines is 1. The van der Waals surface area contributed by atoms with E-state index in [1.54, 1.807) is 43.3 Å². The van der Waals surface area contributed by atoms with Crippen LogP contribution in [0.1, 0.15) is 5.56 Å². The van der Waals surface area contributed by atoms with Gasteiger partial charge in [0.05, 0.1) is 16.1 Å². The number of hydrogen-bond acceptors (Lipinski definition) is 5. The molecule has 3 aromatic carbocycles. The normalized spacial score (nSPS) is 11.6. The number of aromatic hydroxyl groups is 1. The second kappa shape index (κ2) is 6.44. The summed E-state index contributed by atoms with van der Waals surface area (Å²) in [6, 6.07) is 18.4. The molecule has 0 saturated heterocycles. The molecule has 6 nitrogen and oxygen atoms in total. The summed E-state index contributed by atoms with van der Waals surface area (Å²) < 4.78 is 33.4. The van der Waals surface area contributed by atoms with Crippen LogP contribution in [-0.4, -0.2) is 18.5 Å². The van der Waals surface area contributed by atoms with E-state index in [9.17, 15) is 13.5 Å². The van der Waals surface area contributed by atoms with Gasteiger partial charge in [-0.1, -0.05) is 30.3 Å². The van der Waals surface area contributed by atoms with Crippen LogP contribution >= 0.6 is 0 Å². The van der Waals surface area contributed by atoms with Crippen LogP contribution in [0.15, 0.2) is 76.0 Å². The fraction of sp³-hybridized carbons (Fsp3) is 0.0500. The highest BCUT2D eigenvalue weighted by atomic mass is 32.2. The van der Waals surface area contributed by atoms with Crippen molar-refractivity contribution >= 4 is 26.8 Å². The average Bonchev–Trinajstić information content (AvgIpc) is 3.09. The number of sulfonamides is 1. The zero-order valence-electron chi connectivity index (χ0n) is 14.4. The Labute approximate surface area is 156 Å². The number of hydrogen-bond donors (Lipinski definition) is 2. The number of phenolic OH excluding ortho intramolecular Hbond substituents is 1. The van der Waals surface area contributed by atoms with Crippen molar-refractivity contribution in [3.05, 3.63) is 72.3 Å². The molecule has 0 aliphatic rings. The molecule has 0 amide bonds. The lowest BCUT2D eigenvalue weighted by atomic mass is 10.1. The molecule has 1 aromatic heterocycles. The third-order valence-corrected chi connectivity index (χ3v) is 5.53. The predicted octanol–water partition coefficient (Wildman–Crippen LogP) is 4.31. The van der Waals surface area contributed by atoms with Crippen molar-refractivity contribution in [3.8, 4) is 17.2 Å². The molecule has 0 bridgehead atoms. The van der Waals surface area contributed by atoms with Gasteiger partial charge >= 0.3 is 0 Å². The molecule has 4 rings (SSSR count). The quantitative estimate of drug-likeness (QED) is 0.515. The number of benzene rings is 3. The van der Waals surface area contributed by atoms with Gasteiger partial charge in [-0.25, -0.2) is 13.4 Å². The van der Waals surface area contributed by atoms with Gasteiger partial charge in [-0.2, -0.15) is 0 Å². The third kappa shape index (κ3) is 3.24. The van der Waals surface area contributed by atoms with E-state index in [-0.39, 0.29) is 16.5 Å². The number of phenols is 1. The van der Waals surface area contributed by atoms with Crippen LogP contribution in [0.2, 0.25) is 0 Å². The van der Waals surface area contributed by atoms with Crippen molar-refractivity contribution in [2.75, 3.05) is 4.72 Å². The molecule has 136 valence electrons. The fourth-order valence-corrected chi connectivity index (χ4v) is 3.86. The van der Waals surface area contributed by atoms with Crippen LogP contribution in [-0.2, 0) is 10.0 Å². The van der Waals surface area contributed by atoms with Crippen molar-refractivity contribution < 1.29 is 17.9 Å². The highest BCUT2D eigenvalue weighted by Crippen LogP contribution is 2.36. The average molecular weight is 380 g/mol. The maximum Gasteiger partial charge on any atom is 0.261 e. The molecule has 0 aliphatic carbocycles. The second-order valence-electron chi connectivity index (χ2n) is 6.09. The molecule has 0 radical (unpaired) electrons. The molecule has 7 heteroatoms. The molecular formula is C20H16N2O4S. The Hall–Kier alpha value is -3.32. The van der Waals surface area contributed by atoms with Gasteiger partial charge in [0.2, 0.25) is 5.89 Å². The van der Waals surface area contributed by atoms with E-state index in [0.717, 1.165) is 0 Å². The van der Waals surface area contributed by atoms with Crippen molar-refractivity contribution in [1.29, 1.82) is 0 Å². The van der Waals surface area contributed by atoms with Gasteiger partial charge in [-0.05, 0) is 48.9 Å². The van der Waals surface area contributed by atoms with Gasteiger partial charge in [-0.15, -0.1) is 0 Å². The van der Waals surface area contributed by atoms with Crippen LogP contribution in [0, 0.1) is 6.92 Å². The van der Waals surface area contributed by atoms with Gasteiger partial charge in [0.1, 0.15) is 11.3 Å². The van der Waals surface area contributed by atoms with Gasteiger partial charge in [0, 0.05) is 0 Å². The minimum Gasteiger partial charge on any atom is -0.507 e. The maximum atomic E-state index is 12.6. The largest absolute Gasteiger partial charge is 0.507 e. The summed E-state index contributed by atoms with van der Waals surface area (Å²) in [5.41, 5.74) is 2.36. The first-order chi connectivity index (χ1) is 12.9. The van der Waals surface area contributed by atoms with Gasteiger partial charge in [0.25, 0.3) is 10.0 Å². The van der Waals surface area contributed by atoms with Crippen molar-refractivity contribution in [2.45, 2.75) is 11.8 Å². The summed E-state index contributed by atoms with van der Waals surface area (Å²) >= 11 is 0. The summed E-state index contributed by atoms with van der Waals surface area (Å²) in [7, 11) is -3.75. The molecule has 2 N–H and O–H groups in total. The van der Waals surface area contributed by atoms with Gasteiger partial charge < -0.3 is 9.52 Å². The molecule has 0 atom stereocenters. The lowest BCUT2D eigenvalue weighted by molar-refractivity contribution is 0.470. The highest BCUT2D eigenvalue weighted by Gasteiger charge is 2.19. The molecule has 0 saturated carbocycles. The Morgan fingerprint density at radius 3 is 2.44 bits per heavy atom. The molecule has 1 heterocycles. The van der Waals surface area contributed by atoms with Crippen LogP contribution in [0.5, 0.6) is 5.75 Å².